The Hall–Kier alpha value is -1.20. The molecule has 0 amide bonds. The minimum atomic E-state index is -3.49. The Morgan fingerprint density at radius 2 is 1.85 bits per heavy atom. The Morgan fingerprint density at radius 1 is 1.25 bits per heavy atom. The molecule has 1 fully saturated rings. The molecule has 110 valence electrons. The summed E-state index contributed by atoms with van der Waals surface area (Å²) in [5, 5.41) is 0. The number of carbonyl (C=O) groups excluding carboxylic acids is 1. The summed E-state index contributed by atoms with van der Waals surface area (Å²) in [5.41, 5.74) is 0.467. The topological polar surface area (TPSA) is 54.5 Å². The fourth-order valence-electron chi connectivity index (χ4n) is 2.46. The van der Waals surface area contributed by atoms with E-state index in [0.717, 1.165) is 0 Å². The second-order valence-corrected chi connectivity index (χ2v) is 7.52. The molecule has 0 aliphatic carbocycles. The molecule has 5 heteroatoms. The molecule has 1 aromatic rings. The number of carbonyl (C=O) groups is 1. The van der Waals surface area contributed by atoms with E-state index in [9.17, 15) is 13.2 Å². The molecule has 20 heavy (non-hydrogen) atoms. The summed E-state index contributed by atoms with van der Waals surface area (Å²) < 4.78 is 26.7. The number of nitrogens with zero attached hydrogens (tertiary/aromatic N) is 1. The molecular formula is C15H21NO3S. The van der Waals surface area contributed by atoms with Gasteiger partial charge in [0.1, 0.15) is 0 Å². The van der Waals surface area contributed by atoms with Crippen LogP contribution in [0.1, 0.15) is 37.6 Å². The first-order valence-corrected chi connectivity index (χ1v) is 8.43. The average Bonchev–Trinajstić information content (AvgIpc) is 2.78. The van der Waals surface area contributed by atoms with E-state index in [4.69, 9.17) is 0 Å². The van der Waals surface area contributed by atoms with Crippen molar-refractivity contribution in [2.75, 3.05) is 13.1 Å². The molecule has 1 aliphatic rings. The minimum absolute atomic E-state index is 0.0368. The van der Waals surface area contributed by atoms with Gasteiger partial charge in [0.25, 0.3) is 0 Å². The van der Waals surface area contributed by atoms with Gasteiger partial charge in [0.15, 0.2) is 5.78 Å². The molecule has 0 radical (unpaired) electrons. The van der Waals surface area contributed by atoms with Crippen LogP contribution in [0.4, 0.5) is 0 Å². The van der Waals surface area contributed by atoms with Crippen LogP contribution >= 0.6 is 0 Å². The largest absolute Gasteiger partial charge is 0.294 e. The first-order valence-electron chi connectivity index (χ1n) is 6.99. The third kappa shape index (κ3) is 2.79. The first kappa shape index (κ1) is 15.2. The predicted molar refractivity (Wildman–Crippen MR) is 78.2 cm³/mol. The van der Waals surface area contributed by atoms with Crippen LogP contribution in [-0.2, 0) is 10.0 Å². The van der Waals surface area contributed by atoms with Crippen molar-refractivity contribution in [2.24, 2.45) is 11.8 Å². The van der Waals surface area contributed by atoms with Crippen molar-refractivity contribution >= 4 is 15.8 Å². The van der Waals surface area contributed by atoms with E-state index in [0.29, 0.717) is 36.9 Å². The SMILES string of the molecule is CCC(=O)c1cccc(S(=O)(=O)N2CC(C)C(C)C2)c1. The molecule has 2 unspecified atom stereocenters. The number of hydrogen-bond acceptors (Lipinski definition) is 3. The molecule has 1 saturated heterocycles. The lowest BCUT2D eigenvalue weighted by molar-refractivity contribution is 0.0988. The zero-order valence-electron chi connectivity index (χ0n) is 12.2. The number of sulfonamides is 1. The zero-order valence-corrected chi connectivity index (χ0v) is 13.0. The van der Waals surface area contributed by atoms with Crippen molar-refractivity contribution in [1.29, 1.82) is 0 Å². The highest BCUT2D eigenvalue weighted by molar-refractivity contribution is 7.89. The van der Waals surface area contributed by atoms with Crippen molar-refractivity contribution in [3.8, 4) is 0 Å². The van der Waals surface area contributed by atoms with Gasteiger partial charge < -0.3 is 0 Å². The van der Waals surface area contributed by atoms with Gasteiger partial charge in [-0.15, -0.1) is 0 Å². The lowest BCUT2D eigenvalue weighted by atomic mass is 10.0. The van der Waals surface area contributed by atoms with Gasteiger partial charge in [0, 0.05) is 25.1 Å². The van der Waals surface area contributed by atoms with E-state index in [1.807, 2.05) is 0 Å². The summed E-state index contributed by atoms with van der Waals surface area (Å²) in [6.07, 6.45) is 0.376. The molecule has 0 N–H and O–H groups in total. The molecule has 4 nitrogen and oxygen atoms in total. The highest BCUT2D eigenvalue weighted by Gasteiger charge is 2.35. The molecule has 2 rings (SSSR count). The van der Waals surface area contributed by atoms with E-state index in [2.05, 4.69) is 13.8 Å². The zero-order chi connectivity index (χ0) is 14.9. The smallest absolute Gasteiger partial charge is 0.243 e. The fraction of sp³-hybridized carbons (Fsp3) is 0.533. The summed E-state index contributed by atoms with van der Waals surface area (Å²) in [7, 11) is -3.49. The van der Waals surface area contributed by atoms with Crippen molar-refractivity contribution < 1.29 is 13.2 Å². The molecular weight excluding hydrogens is 274 g/mol. The van der Waals surface area contributed by atoms with Crippen molar-refractivity contribution in [3.63, 3.8) is 0 Å². The molecule has 0 saturated carbocycles. The normalized spacial score (nSPS) is 23.9. The lowest BCUT2D eigenvalue weighted by Gasteiger charge is -2.16. The van der Waals surface area contributed by atoms with Gasteiger partial charge in [-0.3, -0.25) is 4.79 Å². The Morgan fingerprint density at radius 3 is 2.40 bits per heavy atom. The monoisotopic (exact) mass is 295 g/mol. The van der Waals surface area contributed by atoms with Gasteiger partial charge in [0.2, 0.25) is 10.0 Å². The second kappa shape index (κ2) is 5.66. The molecule has 2 atom stereocenters. The fourth-order valence-corrected chi connectivity index (χ4v) is 4.14. The molecule has 0 bridgehead atoms. The second-order valence-electron chi connectivity index (χ2n) is 5.58. The van der Waals surface area contributed by atoms with Crippen molar-refractivity contribution in [3.05, 3.63) is 29.8 Å². The third-order valence-electron chi connectivity index (χ3n) is 4.07. The Bertz CT molecular complexity index is 599. The van der Waals surface area contributed by atoms with Crippen LogP contribution in [0.15, 0.2) is 29.2 Å². The van der Waals surface area contributed by atoms with Gasteiger partial charge >= 0.3 is 0 Å². The van der Waals surface area contributed by atoms with Gasteiger partial charge in [-0.25, -0.2) is 8.42 Å². The van der Waals surface area contributed by atoms with E-state index in [1.165, 1.54) is 10.4 Å². The summed E-state index contributed by atoms with van der Waals surface area (Å²) in [6.45, 7) is 7.01. The highest BCUT2D eigenvalue weighted by atomic mass is 32.2. The summed E-state index contributed by atoms with van der Waals surface area (Å²) in [4.78, 5) is 11.9. The Balaban J connectivity index is 2.33. The van der Waals surface area contributed by atoms with Gasteiger partial charge in [-0.1, -0.05) is 32.9 Å². The van der Waals surface area contributed by atoms with Gasteiger partial charge in [0.05, 0.1) is 4.90 Å². The first-order chi connectivity index (χ1) is 9.36. The molecule has 1 aliphatic heterocycles. The lowest BCUT2D eigenvalue weighted by Crippen LogP contribution is -2.29. The number of benzene rings is 1. The maximum Gasteiger partial charge on any atom is 0.243 e. The predicted octanol–water partition coefficient (Wildman–Crippen LogP) is 2.56. The molecule has 0 aromatic heterocycles. The van der Waals surface area contributed by atoms with Crippen molar-refractivity contribution in [2.45, 2.75) is 32.1 Å². The van der Waals surface area contributed by atoms with Crippen LogP contribution in [0.2, 0.25) is 0 Å². The number of rotatable bonds is 4. The Kier molecular flexibility index (Phi) is 4.30. The van der Waals surface area contributed by atoms with E-state index in [1.54, 1.807) is 25.1 Å². The standard InChI is InChI=1S/C15H21NO3S/c1-4-15(17)13-6-5-7-14(8-13)20(18,19)16-9-11(2)12(3)10-16/h5-8,11-12H,4,9-10H2,1-3H3. The molecule has 1 aromatic carbocycles. The quantitative estimate of drug-likeness (QED) is 0.802. The maximum atomic E-state index is 12.6. The summed E-state index contributed by atoms with van der Waals surface area (Å²) in [5.74, 6) is 0.695. The van der Waals surface area contributed by atoms with Crippen LogP contribution in [-0.4, -0.2) is 31.6 Å². The maximum absolute atomic E-state index is 12.6. The highest BCUT2D eigenvalue weighted by Crippen LogP contribution is 2.28. The number of hydrogen-bond donors (Lipinski definition) is 0. The Labute approximate surface area is 120 Å². The number of ketones is 1. The van der Waals surface area contributed by atoms with Crippen LogP contribution < -0.4 is 0 Å². The van der Waals surface area contributed by atoms with Gasteiger partial charge in [-0.2, -0.15) is 4.31 Å². The third-order valence-corrected chi connectivity index (χ3v) is 5.90. The van der Waals surface area contributed by atoms with E-state index in [-0.39, 0.29) is 10.7 Å². The van der Waals surface area contributed by atoms with Crippen LogP contribution in [0, 0.1) is 11.8 Å². The summed E-state index contributed by atoms with van der Waals surface area (Å²) >= 11 is 0. The van der Waals surface area contributed by atoms with Gasteiger partial charge in [-0.05, 0) is 24.0 Å². The minimum Gasteiger partial charge on any atom is -0.294 e. The summed E-state index contributed by atoms with van der Waals surface area (Å²) in [6, 6.07) is 6.36. The number of Topliss-reactive ketones (excluding diaryl/α,β-unsaturated/α-hetero) is 1. The van der Waals surface area contributed by atoms with Crippen LogP contribution in [0.3, 0.4) is 0 Å². The average molecular weight is 295 g/mol. The van der Waals surface area contributed by atoms with Crippen LogP contribution in [0.5, 0.6) is 0 Å². The van der Waals surface area contributed by atoms with E-state index >= 15 is 0 Å². The van der Waals surface area contributed by atoms with E-state index < -0.39 is 10.0 Å². The van der Waals surface area contributed by atoms with Crippen molar-refractivity contribution in [1.82, 2.24) is 4.31 Å². The molecule has 0 spiro atoms. The molecule has 1 heterocycles. The van der Waals surface area contributed by atoms with Crippen LogP contribution in [0.25, 0.3) is 0 Å².